The quantitative estimate of drug-likeness (QED) is 0.217. The Bertz CT molecular complexity index is 2300. The van der Waals surface area contributed by atoms with Crippen LogP contribution < -0.4 is 5.32 Å². The SMILES string of the molecule is C1=CNCC(c2ccc(-c3cc(-c4ccc(-c5ccccn5)cc4)cc(-c4ccc5c6c(cccc46)-c4ccccc4-5)c3)cc2)=C1. The lowest BCUT2D eigenvalue weighted by molar-refractivity contribution is 0.986. The van der Waals surface area contributed by atoms with E-state index in [0.717, 1.165) is 17.8 Å². The number of allylic oxidation sites excluding steroid dienone is 2. The van der Waals surface area contributed by atoms with Gasteiger partial charge in [-0.05, 0) is 120 Å². The van der Waals surface area contributed by atoms with Crippen LogP contribution in [0.5, 0.6) is 0 Å². The van der Waals surface area contributed by atoms with Gasteiger partial charge in [-0.15, -0.1) is 0 Å². The Balaban J connectivity index is 1.20. The van der Waals surface area contributed by atoms with E-state index in [1.54, 1.807) is 0 Å². The highest BCUT2D eigenvalue weighted by molar-refractivity contribution is 6.18. The van der Waals surface area contributed by atoms with E-state index in [0.29, 0.717) is 0 Å². The number of hydrogen-bond donors (Lipinski definition) is 1. The Hall–Kier alpha value is -5.99. The van der Waals surface area contributed by atoms with Crippen LogP contribution in [0.2, 0.25) is 0 Å². The summed E-state index contributed by atoms with van der Waals surface area (Å²) in [5.74, 6) is 0. The van der Waals surface area contributed by atoms with Crippen LogP contribution in [0, 0.1) is 0 Å². The van der Waals surface area contributed by atoms with Gasteiger partial charge in [0, 0.05) is 18.3 Å². The minimum atomic E-state index is 0.846. The van der Waals surface area contributed by atoms with Crippen molar-refractivity contribution in [3.05, 3.63) is 170 Å². The molecular formula is C44H30N2. The molecule has 0 bridgehead atoms. The molecular weight excluding hydrogens is 556 g/mol. The largest absolute Gasteiger partial charge is 0.387 e. The first-order chi connectivity index (χ1) is 22.8. The van der Waals surface area contributed by atoms with Crippen LogP contribution in [0.25, 0.3) is 83.2 Å². The second kappa shape index (κ2) is 10.9. The molecule has 2 heterocycles. The van der Waals surface area contributed by atoms with Crippen molar-refractivity contribution in [3.63, 3.8) is 0 Å². The van der Waals surface area contributed by atoms with E-state index in [-0.39, 0.29) is 0 Å². The van der Waals surface area contributed by atoms with E-state index in [9.17, 15) is 0 Å². The summed E-state index contributed by atoms with van der Waals surface area (Å²) in [4.78, 5) is 4.55. The Morgan fingerprint density at radius 3 is 1.74 bits per heavy atom. The fourth-order valence-corrected chi connectivity index (χ4v) is 7.08. The number of nitrogens with one attached hydrogen (secondary N) is 1. The number of aromatic nitrogens is 1. The Labute approximate surface area is 269 Å². The van der Waals surface area contributed by atoms with Crippen molar-refractivity contribution in [2.24, 2.45) is 0 Å². The first kappa shape index (κ1) is 26.4. The van der Waals surface area contributed by atoms with Gasteiger partial charge in [0.25, 0.3) is 0 Å². The molecule has 0 fully saturated rings. The Morgan fingerprint density at radius 1 is 0.457 bits per heavy atom. The molecule has 0 radical (unpaired) electrons. The lowest BCUT2D eigenvalue weighted by Crippen LogP contribution is -2.11. The van der Waals surface area contributed by atoms with Crippen molar-refractivity contribution in [2.45, 2.75) is 0 Å². The summed E-state index contributed by atoms with van der Waals surface area (Å²) < 4.78 is 0. The van der Waals surface area contributed by atoms with Gasteiger partial charge in [0.05, 0.1) is 5.69 Å². The maximum absolute atomic E-state index is 4.55. The predicted molar refractivity (Wildman–Crippen MR) is 193 cm³/mol. The minimum absolute atomic E-state index is 0.846. The fourth-order valence-electron chi connectivity index (χ4n) is 7.08. The standard InChI is InChI=1S/C44H30N2/c1-2-9-39-38(8-1)41-11-5-10-40-37(21-22-42(39)44(40)41)36-26-34(30-15-13-29(14-16-30)33-7-6-23-45-28-33)25-35(27-36)31-17-19-32(20-18-31)43-12-3-4-24-46-43/h1-27,45H,28H2. The highest BCUT2D eigenvalue weighted by Gasteiger charge is 2.22. The summed E-state index contributed by atoms with van der Waals surface area (Å²) >= 11 is 0. The summed E-state index contributed by atoms with van der Waals surface area (Å²) in [7, 11) is 0. The molecule has 2 aliphatic rings. The highest BCUT2D eigenvalue weighted by Crippen LogP contribution is 2.49. The number of nitrogens with zero attached hydrogens (tertiary/aromatic N) is 1. The molecule has 0 spiro atoms. The topological polar surface area (TPSA) is 24.9 Å². The molecule has 0 atom stereocenters. The van der Waals surface area contributed by atoms with Crippen molar-refractivity contribution in [3.8, 4) is 66.9 Å². The fraction of sp³-hybridized carbons (Fsp3) is 0.0227. The predicted octanol–water partition coefficient (Wildman–Crippen LogP) is 11.1. The Morgan fingerprint density at radius 2 is 1.07 bits per heavy atom. The van der Waals surface area contributed by atoms with Gasteiger partial charge in [0.2, 0.25) is 0 Å². The normalized spacial score (nSPS) is 12.9. The zero-order valence-corrected chi connectivity index (χ0v) is 25.2. The second-order valence-electron chi connectivity index (χ2n) is 12.0. The van der Waals surface area contributed by atoms with Crippen molar-refractivity contribution in [2.75, 3.05) is 6.54 Å². The lowest BCUT2D eigenvalue weighted by atomic mass is 9.89. The molecule has 6 aromatic carbocycles. The zero-order chi connectivity index (χ0) is 30.5. The van der Waals surface area contributed by atoms with Gasteiger partial charge in [0.1, 0.15) is 0 Å². The molecule has 0 saturated carbocycles. The maximum atomic E-state index is 4.55. The average Bonchev–Trinajstić information content (AvgIpc) is 3.47. The molecule has 0 amide bonds. The van der Waals surface area contributed by atoms with Crippen molar-refractivity contribution < 1.29 is 0 Å². The first-order valence-corrected chi connectivity index (χ1v) is 15.8. The molecule has 2 nitrogen and oxygen atoms in total. The van der Waals surface area contributed by atoms with Crippen LogP contribution >= 0.6 is 0 Å². The van der Waals surface area contributed by atoms with Crippen LogP contribution in [0.1, 0.15) is 5.56 Å². The molecule has 2 heteroatoms. The van der Waals surface area contributed by atoms with Crippen molar-refractivity contribution >= 4 is 16.3 Å². The van der Waals surface area contributed by atoms with E-state index in [1.807, 2.05) is 24.5 Å². The molecule has 9 rings (SSSR count). The number of dihydropyridines is 1. The van der Waals surface area contributed by atoms with Gasteiger partial charge in [-0.25, -0.2) is 0 Å². The third-order valence-electron chi connectivity index (χ3n) is 9.36. The number of benzene rings is 6. The molecule has 1 aromatic heterocycles. The highest BCUT2D eigenvalue weighted by atomic mass is 14.8. The molecule has 1 aliphatic carbocycles. The summed E-state index contributed by atoms with van der Waals surface area (Å²) in [5, 5.41) is 5.96. The summed E-state index contributed by atoms with van der Waals surface area (Å²) in [6, 6.07) is 51.0. The van der Waals surface area contributed by atoms with Crippen molar-refractivity contribution in [1.29, 1.82) is 0 Å². The average molecular weight is 587 g/mol. The molecule has 1 N–H and O–H groups in total. The van der Waals surface area contributed by atoms with Crippen LogP contribution in [0.4, 0.5) is 0 Å². The van der Waals surface area contributed by atoms with Gasteiger partial charge in [-0.2, -0.15) is 0 Å². The number of pyridine rings is 1. The molecule has 216 valence electrons. The monoisotopic (exact) mass is 586 g/mol. The van der Waals surface area contributed by atoms with Gasteiger partial charge in [0.15, 0.2) is 0 Å². The number of fused-ring (bicyclic) bond motifs is 3. The van der Waals surface area contributed by atoms with Crippen molar-refractivity contribution in [1.82, 2.24) is 10.3 Å². The van der Waals surface area contributed by atoms with Gasteiger partial charge in [-0.1, -0.05) is 115 Å². The van der Waals surface area contributed by atoms with E-state index in [4.69, 9.17) is 0 Å². The number of hydrogen-bond acceptors (Lipinski definition) is 2. The minimum Gasteiger partial charge on any atom is -0.387 e. The van der Waals surface area contributed by atoms with Gasteiger partial charge in [-0.3, -0.25) is 4.98 Å². The van der Waals surface area contributed by atoms with Gasteiger partial charge >= 0.3 is 0 Å². The summed E-state index contributed by atoms with van der Waals surface area (Å²) in [5.41, 5.74) is 17.2. The van der Waals surface area contributed by atoms with E-state index >= 15 is 0 Å². The van der Waals surface area contributed by atoms with E-state index < -0.39 is 0 Å². The van der Waals surface area contributed by atoms with Gasteiger partial charge < -0.3 is 5.32 Å². The Kier molecular flexibility index (Phi) is 6.24. The third-order valence-corrected chi connectivity index (χ3v) is 9.36. The lowest BCUT2D eigenvalue weighted by Gasteiger charge is -2.15. The zero-order valence-electron chi connectivity index (χ0n) is 25.2. The number of rotatable bonds is 5. The first-order valence-electron chi connectivity index (χ1n) is 15.8. The van der Waals surface area contributed by atoms with E-state index in [1.165, 1.54) is 77.5 Å². The van der Waals surface area contributed by atoms with Crippen LogP contribution in [-0.2, 0) is 0 Å². The second-order valence-corrected chi connectivity index (χ2v) is 12.0. The molecule has 1 aliphatic heterocycles. The molecule has 0 unspecified atom stereocenters. The third kappa shape index (κ3) is 4.46. The van der Waals surface area contributed by atoms with Crippen LogP contribution in [0.3, 0.4) is 0 Å². The van der Waals surface area contributed by atoms with Crippen LogP contribution in [-0.4, -0.2) is 11.5 Å². The maximum Gasteiger partial charge on any atom is 0.0701 e. The van der Waals surface area contributed by atoms with Crippen LogP contribution in [0.15, 0.2) is 164 Å². The smallest absolute Gasteiger partial charge is 0.0701 e. The molecule has 46 heavy (non-hydrogen) atoms. The summed E-state index contributed by atoms with van der Waals surface area (Å²) in [6.07, 6.45) is 8.09. The molecule has 7 aromatic rings. The molecule has 0 saturated heterocycles. The van der Waals surface area contributed by atoms with E-state index in [2.05, 4.69) is 150 Å². The summed E-state index contributed by atoms with van der Waals surface area (Å²) in [6.45, 7) is 0.846.